The Kier molecular flexibility index (Phi) is 4.06. The van der Waals surface area contributed by atoms with Crippen molar-refractivity contribution in [2.75, 3.05) is 25.0 Å². The first-order valence-electron chi connectivity index (χ1n) is 6.02. The van der Waals surface area contributed by atoms with Gasteiger partial charge in [-0.25, -0.2) is 0 Å². The molecule has 0 unspecified atom stereocenters. The summed E-state index contributed by atoms with van der Waals surface area (Å²) in [5, 5.41) is 13.1. The number of carbonyl (C=O) groups excluding carboxylic acids is 1. The second-order valence-electron chi connectivity index (χ2n) is 4.45. The van der Waals surface area contributed by atoms with Crippen molar-refractivity contribution in [3.05, 3.63) is 34.1 Å². The van der Waals surface area contributed by atoms with E-state index in [-0.39, 0.29) is 18.1 Å². The Bertz CT molecular complexity index is 501. The minimum Gasteiger partial charge on any atom is -0.325 e. The number of hydrogen-bond donors (Lipinski definition) is 1. The van der Waals surface area contributed by atoms with E-state index in [1.54, 1.807) is 0 Å². The molecule has 2 rings (SSSR count). The van der Waals surface area contributed by atoms with Crippen LogP contribution in [-0.2, 0) is 4.79 Å². The molecule has 1 heterocycles. The molecule has 19 heavy (non-hydrogen) atoms. The van der Waals surface area contributed by atoms with Gasteiger partial charge in [-0.2, -0.15) is 4.39 Å². The number of halogens is 1. The molecule has 102 valence electrons. The quantitative estimate of drug-likeness (QED) is 0.666. The summed E-state index contributed by atoms with van der Waals surface area (Å²) in [6, 6.07) is 3.31. The molecule has 0 radical (unpaired) electrons. The lowest BCUT2D eigenvalue weighted by atomic mass is 10.2. The van der Waals surface area contributed by atoms with Gasteiger partial charge in [-0.1, -0.05) is 0 Å². The van der Waals surface area contributed by atoms with Crippen molar-refractivity contribution in [2.45, 2.75) is 12.8 Å². The highest BCUT2D eigenvalue weighted by atomic mass is 19.1. The molecule has 1 aromatic rings. The molecule has 6 nitrogen and oxygen atoms in total. The molecule has 0 atom stereocenters. The first kappa shape index (κ1) is 13.4. The maximum absolute atomic E-state index is 13.1. The van der Waals surface area contributed by atoms with E-state index < -0.39 is 16.4 Å². The zero-order valence-corrected chi connectivity index (χ0v) is 10.3. The summed E-state index contributed by atoms with van der Waals surface area (Å²) in [6.45, 7) is 2.03. The first-order chi connectivity index (χ1) is 9.06. The summed E-state index contributed by atoms with van der Waals surface area (Å²) in [7, 11) is 0. The van der Waals surface area contributed by atoms with Crippen LogP contribution in [0.25, 0.3) is 0 Å². The summed E-state index contributed by atoms with van der Waals surface area (Å²) in [5.74, 6) is -1.16. The fraction of sp³-hybridized carbons (Fsp3) is 0.417. The van der Waals surface area contributed by atoms with Crippen molar-refractivity contribution < 1.29 is 14.1 Å². The van der Waals surface area contributed by atoms with Crippen molar-refractivity contribution in [2.24, 2.45) is 0 Å². The zero-order chi connectivity index (χ0) is 13.8. The number of nitrogens with zero attached hydrogens (tertiary/aromatic N) is 2. The number of rotatable bonds is 4. The Hall–Kier alpha value is -2.02. The van der Waals surface area contributed by atoms with Crippen molar-refractivity contribution >= 4 is 17.3 Å². The summed E-state index contributed by atoms with van der Waals surface area (Å²) in [5.41, 5.74) is -0.406. The SMILES string of the molecule is O=C(CN1CCCC1)Nc1ccc(F)c([N+](=O)[O-])c1. The molecule has 1 fully saturated rings. The third kappa shape index (κ3) is 3.47. The van der Waals surface area contributed by atoms with Crippen LogP contribution in [0.1, 0.15) is 12.8 Å². The van der Waals surface area contributed by atoms with Gasteiger partial charge in [0.2, 0.25) is 11.7 Å². The topological polar surface area (TPSA) is 75.5 Å². The molecule has 0 saturated carbocycles. The molecule has 1 aliphatic heterocycles. The summed E-state index contributed by atoms with van der Waals surface area (Å²) >= 11 is 0. The van der Waals surface area contributed by atoms with E-state index in [0.717, 1.165) is 38.1 Å². The number of likely N-dealkylation sites (tertiary alicyclic amines) is 1. The highest BCUT2D eigenvalue weighted by molar-refractivity contribution is 5.92. The Morgan fingerprint density at radius 1 is 1.42 bits per heavy atom. The van der Waals surface area contributed by atoms with Gasteiger partial charge in [-0.05, 0) is 38.1 Å². The van der Waals surface area contributed by atoms with Crippen LogP contribution in [0.15, 0.2) is 18.2 Å². The standard InChI is InChI=1S/C12H14FN3O3/c13-10-4-3-9(7-11(10)16(18)19)14-12(17)8-15-5-1-2-6-15/h3-4,7H,1-2,5-6,8H2,(H,14,17). The minimum atomic E-state index is -0.914. The third-order valence-electron chi connectivity index (χ3n) is 2.99. The molecule has 0 aromatic heterocycles. The summed E-state index contributed by atoms with van der Waals surface area (Å²) < 4.78 is 13.1. The van der Waals surface area contributed by atoms with Crippen LogP contribution in [-0.4, -0.2) is 35.4 Å². The molecular weight excluding hydrogens is 253 g/mol. The van der Waals surface area contributed by atoms with Crippen molar-refractivity contribution in [1.29, 1.82) is 0 Å². The van der Waals surface area contributed by atoms with Gasteiger partial charge in [0.15, 0.2) is 0 Å². The van der Waals surface area contributed by atoms with Gasteiger partial charge in [0.1, 0.15) is 0 Å². The van der Waals surface area contributed by atoms with Crippen LogP contribution in [0.2, 0.25) is 0 Å². The predicted molar refractivity (Wildman–Crippen MR) is 67.4 cm³/mol. The summed E-state index contributed by atoms with van der Waals surface area (Å²) in [6.07, 6.45) is 2.16. The number of nitro groups is 1. The maximum atomic E-state index is 13.1. The average Bonchev–Trinajstić information content (AvgIpc) is 2.84. The van der Waals surface area contributed by atoms with Crippen molar-refractivity contribution in [3.8, 4) is 0 Å². The number of hydrogen-bond acceptors (Lipinski definition) is 4. The van der Waals surface area contributed by atoms with Gasteiger partial charge in [-0.15, -0.1) is 0 Å². The highest BCUT2D eigenvalue weighted by Gasteiger charge is 2.17. The molecule has 0 bridgehead atoms. The number of amides is 1. The number of benzene rings is 1. The fourth-order valence-electron chi connectivity index (χ4n) is 2.07. The normalized spacial score (nSPS) is 15.4. The van der Waals surface area contributed by atoms with Crippen LogP contribution < -0.4 is 5.32 Å². The number of nitrogens with one attached hydrogen (secondary N) is 1. The molecule has 7 heteroatoms. The van der Waals surface area contributed by atoms with Gasteiger partial charge in [-0.3, -0.25) is 19.8 Å². The molecular formula is C12H14FN3O3. The molecule has 1 N–H and O–H groups in total. The van der Waals surface area contributed by atoms with Gasteiger partial charge in [0, 0.05) is 11.8 Å². The van der Waals surface area contributed by atoms with Crippen molar-refractivity contribution in [1.82, 2.24) is 4.90 Å². The van der Waals surface area contributed by atoms with E-state index in [2.05, 4.69) is 5.32 Å². The summed E-state index contributed by atoms with van der Waals surface area (Å²) in [4.78, 5) is 23.5. The lowest BCUT2D eigenvalue weighted by Crippen LogP contribution is -2.30. The minimum absolute atomic E-state index is 0.234. The Balaban J connectivity index is 2.00. The molecule has 1 amide bonds. The zero-order valence-electron chi connectivity index (χ0n) is 10.3. The lowest BCUT2D eigenvalue weighted by Gasteiger charge is -2.13. The van der Waals surface area contributed by atoms with Gasteiger partial charge >= 0.3 is 5.69 Å². The smallest absolute Gasteiger partial charge is 0.306 e. The second-order valence-corrected chi connectivity index (χ2v) is 4.45. The molecule has 1 aromatic carbocycles. The number of anilines is 1. The lowest BCUT2D eigenvalue weighted by molar-refractivity contribution is -0.387. The van der Waals surface area contributed by atoms with Gasteiger partial charge in [0.05, 0.1) is 11.5 Å². The Morgan fingerprint density at radius 3 is 2.74 bits per heavy atom. The van der Waals surface area contributed by atoms with Crippen LogP contribution >= 0.6 is 0 Å². The first-order valence-corrected chi connectivity index (χ1v) is 6.02. The molecule has 0 aliphatic carbocycles. The van der Waals surface area contributed by atoms with Gasteiger partial charge < -0.3 is 5.32 Å². The average molecular weight is 267 g/mol. The number of nitro benzene ring substituents is 1. The van der Waals surface area contributed by atoms with Crippen molar-refractivity contribution in [3.63, 3.8) is 0 Å². The van der Waals surface area contributed by atoms with E-state index in [9.17, 15) is 19.3 Å². The predicted octanol–water partition coefficient (Wildman–Crippen LogP) is 1.77. The highest BCUT2D eigenvalue weighted by Crippen LogP contribution is 2.21. The van der Waals surface area contributed by atoms with Crippen LogP contribution in [0.3, 0.4) is 0 Å². The van der Waals surface area contributed by atoms with Gasteiger partial charge in [0.25, 0.3) is 0 Å². The van der Waals surface area contributed by atoms with E-state index in [1.807, 2.05) is 4.90 Å². The largest absolute Gasteiger partial charge is 0.325 e. The molecule has 0 spiro atoms. The third-order valence-corrected chi connectivity index (χ3v) is 2.99. The Labute approximate surface area is 109 Å². The fourth-order valence-corrected chi connectivity index (χ4v) is 2.07. The maximum Gasteiger partial charge on any atom is 0.306 e. The second kappa shape index (κ2) is 5.75. The van der Waals surface area contributed by atoms with Crippen LogP contribution in [0, 0.1) is 15.9 Å². The number of carbonyl (C=O) groups is 1. The molecule has 1 aliphatic rings. The van der Waals surface area contributed by atoms with E-state index in [1.165, 1.54) is 6.07 Å². The molecule has 1 saturated heterocycles. The van der Waals surface area contributed by atoms with E-state index in [4.69, 9.17) is 0 Å². The van der Waals surface area contributed by atoms with Crippen LogP contribution in [0.5, 0.6) is 0 Å². The van der Waals surface area contributed by atoms with E-state index in [0.29, 0.717) is 0 Å². The monoisotopic (exact) mass is 267 g/mol. The van der Waals surface area contributed by atoms with Crippen LogP contribution in [0.4, 0.5) is 15.8 Å². The Morgan fingerprint density at radius 2 is 2.11 bits per heavy atom. The van der Waals surface area contributed by atoms with E-state index >= 15 is 0 Å².